The number of hydrogen-bond acceptors (Lipinski definition) is 10. The molecule has 0 bridgehead atoms. The number of hydrogen-bond donors (Lipinski definition) is 2. The fourth-order valence-electron chi connectivity index (χ4n) is 3.55. The van der Waals surface area contributed by atoms with Gasteiger partial charge in [0.25, 0.3) is 0 Å². The van der Waals surface area contributed by atoms with E-state index in [-0.39, 0.29) is 48.1 Å². The number of thioether (sulfide) groups is 1. The molecule has 1 aliphatic carbocycles. The summed E-state index contributed by atoms with van der Waals surface area (Å²) < 4.78 is 17.7. The summed E-state index contributed by atoms with van der Waals surface area (Å²) in [6, 6.07) is -0.348. The van der Waals surface area contributed by atoms with Crippen molar-refractivity contribution >= 4 is 34.9 Å². The van der Waals surface area contributed by atoms with Crippen LogP contribution in [0.25, 0.3) is 0 Å². The number of ether oxygens (including phenoxy) is 3. The number of aliphatic hydroxyl groups is 1. The zero-order valence-corrected chi connectivity index (χ0v) is 18.0. The van der Waals surface area contributed by atoms with Gasteiger partial charge in [0, 0.05) is 5.75 Å². The first-order valence-electron chi connectivity index (χ1n) is 9.45. The van der Waals surface area contributed by atoms with Gasteiger partial charge in [-0.25, -0.2) is 4.98 Å². The molecule has 12 heteroatoms. The van der Waals surface area contributed by atoms with Gasteiger partial charge in [-0.3, -0.25) is 10.1 Å². The van der Waals surface area contributed by atoms with E-state index in [1.54, 1.807) is 13.8 Å². The second kappa shape index (κ2) is 9.27. The average Bonchev–Trinajstić information content (AvgIpc) is 3.11. The number of nitrogens with one attached hydrogen (secondary N) is 1. The number of halogens is 1. The second-order valence-corrected chi connectivity index (χ2v) is 8.70. The number of nitrogens with zero attached hydrogens (tertiary/aromatic N) is 3. The molecule has 162 valence electrons. The van der Waals surface area contributed by atoms with Gasteiger partial charge in [-0.2, -0.15) is 4.98 Å². The first-order chi connectivity index (χ1) is 13.8. The molecule has 1 saturated carbocycles. The van der Waals surface area contributed by atoms with E-state index in [0.717, 1.165) is 12.2 Å². The lowest BCUT2D eigenvalue weighted by Crippen LogP contribution is -2.35. The zero-order chi connectivity index (χ0) is 21.2. The van der Waals surface area contributed by atoms with Gasteiger partial charge in [-0.15, -0.1) is 0 Å². The predicted octanol–water partition coefficient (Wildman–Crippen LogP) is 2.62. The van der Waals surface area contributed by atoms with Crippen molar-refractivity contribution in [2.45, 2.75) is 68.9 Å². The van der Waals surface area contributed by atoms with Crippen molar-refractivity contribution in [2.75, 3.05) is 24.3 Å². The van der Waals surface area contributed by atoms with E-state index in [1.807, 2.05) is 6.92 Å². The summed E-state index contributed by atoms with van der Waals surface area (Å²) in [5.74, 6) is 0.00568. The number of aliphatic hydroxyl groups excluding tert-OH is 1. The van der Waals surface area contributed by atoms with Crippen LogP contribution < -0.4 is 5.32 Å². The lowest BCUT2D eigenvalue weighted by atomic mass is 10.2. The van der Waals surface area contributed by atoms with Crippen molar-refractivity contribution in [3.63, 3.8) is 0 Å². The monoisotopic (exact) mass is 448 g/mol. The van der Waals surface area contributed by atoms with Gasteiger partial charge in [0.1, 0.15) is 12.2 Å². The van der Waals surface area contributed by atoms with Crippen LogP contribution in [0.4, 0.5) is 11.5 Å². The van der Waals surface area contributed by atoms with Gasteiger partial charge in [0.15, 0.2) is 10.9 Å². The molecule has 1 saturated heterocycles. The number of rotatable bonds is 9. The Kier molecular flexibility index (Phi) is 7.18. The predicted molar refractivity (Wildman–Crippen MR) is 107 cm³/mol. The molecule has 0 amide bonds. The minimum Gasteiger partial charge on any atom is -0.394 e. The minimum atomic E-state index is -0.812. The van der Waals surface area contributed by atoms with Crippen molar-refractivity contribution in [1.82, 2.24) is 9.97 Å². The van der Waals surface area contributed by atoms with E-state index in [2.05, 4.69) is 15.3 Å². The molecule has 3 rings (SSSR count). The number of nitro groups is 1. The molecule has 2 aliphatic rings. The first-order valence-corrected chi connectivity index (χ1v) is 10.8. The summed E-state index contributed by atoms with van der Waals surface area (Å²) in [7, 11) is 0. The van der Waals surface area contributed by atoms with Crippen LogP contribution in [0.2, 0.25) is 5.15 Å². The molecule has 0 radical (unpaired) electrons. The standard InChI is InChI=1S/C17H25ClN4O6S/c1-4-7-29-16-20-14(18)11(22(24)25)15(21-16)19-9-8-10(26-6-5-23)13-12(9)27-17(2,3)28-13/h9-10,12-13,23H,4-8H2,1-3H3,(H,19,20,21)/t9-,10+,12+,13-/m1/s1. The van der Waals surface area contributed by atoms with Crippen molar-refractivity contribution in [3.05, 3.63) is 15.3 Å². The maximum atomic E-state index is 11.6. The van der Waals surface area contributed by atoms with Crippen LogP contribution in [-0.2, 0) is 14.2 Å². The molecule has 4 atom stereocenters. The highest BCUT2D eigenvalue weighted by Gasteiger charge is 2.55. The molecule has 10 nitrogen and oxygen atoms in total. The Morgan fingerprint density at radius 1 is 1.41 bits per heavy atom. The summed E-state index contributed by atoms with van der Waals surface area (Å²) in [5, 5.41) is 23.9. The maximum absolute atomic E-state index is 11.6. The first kappa shape index (κ1) is 22.4. The molecule has 0 spiro atoms. The molecule has 29 heavy (non-hydrogen) atoms. The summed E-state index contributed by atoms with van der Waals surface area (Å²) in [6.45, 7) is 5.68. The van der Waals surface area contributed by atoms with E-state index in [9.17, 15) is 10.1 Å². The molecule has 0 unspecified atom stereocenters. The largest absolute Gasteiger partial charge is 0.394 e. The lowest BCUT2D eigenvalue weighted by molar-refractivity contribution is -0.384. The normalized spacial score (nSPS) is 27.8. The maximum Gasteiger partial charge on any atom is 0.348 e. The smallest absolute Gasteiger partial charge is 0.348 e. The van der Waals surface area contributed by atoms with E-state index >= 15 is 0 Å². The molecule has 2 heterocycles. The Labute approximate surface area is 177 Å². The Morgan fingerprint density at radius 3 is 2.79 bits per heavy atom. The van der Waals surface area contributed by atoms with Crippen molar-refractivity contribution in [1.29, 1.82) is 0 Å². The topological polar surface area (TPSA) is 129 Å². The fraction of sp³-hybridized carbons (Fsp3) is 0.765. The van der Waals surface area contributed by atoms with Crippen molar-refractivity contribution in [3.8, 4) is 0 Å². The summed E-state index contributed by atoms with van der Waals surface area (Å²) in [6.07, 6.45) is 0.300. The van der Waals surface area contributed by atoms with Crippen LogP contribution in [0.1, 0.15) is 33.6 Å². The number of fused-ring (bicyclic) bond motifs is 1. The molecule has 1 aliphatic heterocycles. The van der Waals surface area contributed by atoms with E-state index in [1.165, 1.54) is 11.8 Å². The van der Waals surface area contributed by atoms with E-state index in [0.29, 0.717) is 11.6 Å². The van der Waals surface area contributed by atoms with Crippen LogP contribution in [0.3, 0.4) is 0 Å². The van der Waals surface area contributed by atoms with E-state index in [4.69, 9.17) is 30.9 Å². The molecular formula is C17H25ClN4O6S. The average molecular weight is 449 g/mol. The van der Waals surface area contributed by atoms with Crippen LogP contribution in [0, 0.1) is 10.1 Å². The van der Waals surface area contributed by atoms with Gasteiger partial charge in [0.2, 0.25) is 11.0 Å². The van der Waals surface area contributed by atoms with Crippen LogP contribution in [0.5, 0.6) is 0 Å². The SMILES string of the molecule is CCCSc1nc(Cl)c([N+](=O)[O-])c(N[C@@H]2C[C@H](OCCO)[C@H]3OC(C)(C)O[C@H]32)n1. The molecule has 1 aromatic heterocycles. The summed E-state index contributed by atoms with van der Waals surface area (Å²) >= 11 is 7.47. The highest BCUT2D eigenvalue weighted by atomic mass is 35.5. The van der Waals surface area contributed by atoms with Gasteiger partial charge in [-0.1, -0.05) is 30.3 Å². The van der Waals surface area contributed by atoms with Crippen LogP contribution in [-0.4, -0.2) is 69.1 Å². The van der Waals surface area contributed by atoms with Gasteiger partial charge >= 0.3 is 5.69 Å². The van der Waals surface area contributed by atoms with Crippen molar-refractivity contribution in [2.24, 2.45) is 0 Å². The second-order valence-electron chi connectivity index (χ2n) is 7.28. The third-order valence-electron chi connectivity index (χ3n) is 4.60. The number of aromatic nitrogens is 2. The molecule has 2 N–H and O–H groups in total. The Morgan fingerprint density at radius 2 is 2.14 bits per heavy atom. The zero-order valence-electron chi connectivity index (χ0n) is 16.5. The molecule has 0 aromatic carbocycles. The Balaban J connectivity index is 1.87. The molecule has 2 fully saturated rings. The third kappa shape index (κ3) is 5.09. The Hall–Kier alpha value is -1.24. The van der Waals surface area contributed by atoms with Crippen LogP contribution in [0.15, 0.2) is 5.16 Å². The Bertz CT molecular complexity index is 755. The molecule has 1 aromatic rings. The minimum absolute atomic E-state index is 0.0495. The van der Waals surface area contributed by atoms with E-state index < -0.39 is 16.8 Å². The van der Waals surface area contributed by atoms with Crippen LogP contribution >= 0.6 is 23.4 Å². The number of anilines is 1. The summed E-state index contributed by atoms with van der Waals surface area (Å²) in [5.41, 5.74) is -0.373. The summed E-state index contributed by atoms with van der Waals surface area (Å²) in [4.78, 5) is 19.3. The third-order valence-corrected chi connectivity index (χ3v) is 5.91. The molecular weight excluding hydrogens is 424 g/mol. The highest BCUT2D eigenvalue weighted by molar-refractivity contribution is 7.99. The lowest BCUT2D eigenvalue weighted by Gasteiger charge is -2.24. The van der Waals surface area contributed by atoms with Gasteiger partial charge in [-0.05, 0) is 26.7 Å². The van der Waals surface area contributed by atoms with Gasteiger partial charge < -0.3 is 24.6 Å². The quantitative estimate of drug-likeness (QED) is 0.191. The van der Waals surface area contributed by atoms with Gasteiger partial charge in [0.05, 0.1) is 30.3 Å². The highest BCUT2D eigenvalue weighted by Crippen LogP contribution is 2.42. The fourth-order valence-corrected chi connectivity index (χ4v) is 4.53. The van der Waals surface area contributed by atoms with Crippen molar-refractivity contribution < 1.29 is 24.2 Å².